The van der Waals surface area contributed by atoms with E-state index in [1.54, 1.807) is 0 Å². The van der Waals surface area contributed by atoms with Crippen molar-refractivity contribution in [2.45, 2.75) is 24.2 Å². The van der Waals surface area contributed by atoms with Crippen LogP contribution in [0.3, 0.4) is 0 Å². The number of fused-ring (bicyclic) bond motifs is 1. The number of rotatable bonds is 2. The average molecular weight is 266 g/mol. The van der Waals surface area contributed by atoms with Crippen LogP contribution in [0.2, 0.25) is 0 Å². The van der Waals surface area contributed by atoms with Gasteiger partial charge in [0.25, 0.3) is 0 Å². The molecule has 88 valence electrons. The molecule has 1 aliphatic rings. The lowest BCUT2D eigenvalue weighted by molar-refractivity contribution is 0.756. The highest BCUT2D eigenvalue weighted by atomic mass is 35.5. The van der Waals surface area contributed by atoms with Gasteiger partial charge in [-0.2, -0.15) is 0 Å². The molecule has 1 aromatic heterocycles. The standard InChI is InChI=1S/C14H13Cl2N/c15-14(16)12-6-2-1-5-11(12)13-8-7-10-4-3-9-17(10)13/h1-2,5-8,14H,3-4,9H2. The van der Waals surface area contributed by atoms with Gasteiger partial charge in [0, 0.05) is 23.5 Å². The number of aromatic nitrogens is 1. The Balaban J connectivity index is 2.15. The summed E-state index contributed by atoms with van der Waals surface area (Å²) in [6.07, 6.45) is 2.41. The summed E-state index contributed by atoms with van der Waals surface area (Å²) in [6, 6.07) is 12.5. The van der Waals surface area contributed by atoms with Crippen molar-refractivity contribution in [3.05, 3.63) is 47.7 Å². The number of hydrogen-bond acceptors (Lipinski definition) is 0. The quantitative estimate of drug-likeness (QED) is 0.701. The second-order valence-corrected chi connectivity index (χ2v) is 5.45. The first kappa shape index (κ1) is 11.2. The molecule has 0 radical (unpaired) electrons. The molecule has 0 amide bonds. The van der Waals surface area contributed by atoms with Gasteiger partial charge in [0.15, 0.2) is 0 Å². The van der Waals surface area contributed by atoms with Crippen LogP contribution in [0.1, 0.15) is 22.5 Å². The van der Waals surface area contributed by atoms with Crippen molar-refractivity contribution in [1.29, 1.82) is 0 Å². The molecular weight excluding hydrogens is 253 g/mol. The Labute approximate surface area is 111 Å². The molecule has 0 aliphatic carbocycles. The van der Waals surface area contributed by atoms with Crippen LogP contribution in [0.15, 0.2) is 36.4 Å². The van der Waals surface area contributed by atoms with Gasteiger partial charge in [0.05, 0.1) is 0 Å². The SMILES string of the molecule is ClC(Cl)c1ccccc1-c1ccc2n1CCC2. The van der Waals surface area contributed by atoms with E-state index in [1.807, 2.05) is 18.2 Å². The second kappa shape index (κ2) is 4.40. The number of nitrogens with zero attached hydrogens (tertiary/aromatic N) is 1. The fraction of sp³-hybridized carbons (Fsp3) is 0.286. The molecule has 0 unspecified atom stereocenters. The predicted molar refractivity (Wildman–Crippen MR) is 72.6 cm³/mol. The van der Waals surface area contributed by atoms with E-state index in [0.717, 1.165) is 17.7 Å². The molecule has 0 N–H and O–H groups in total. The van der Waals surface area contributed by atoms with Crippen LogP contribution >= 0.6 is 23.2 Å². The molecule has 1 nitrogen and oxygen atoms in total. The van der Waals surface area contributed by atoms with Crippen molar-refractivity contribution in [1.82, 2.24) is 4.57 Å². The Morgan fingerprint density at radius 1 is 1.06 bits per heavy atom. The minimum atomic E-state index is -0.473. The summed E-state index contributed by atoms with van der Waals surface area (Å²) in [5.41, 5.74) is 4.79. The fourth-order valence-corrected chi connectivity index (χ4v) is 2.95. The molecule has 0 bridgehead atoms. The first-order chi connectivity index (χ1) is 8.27. The van der Waals surface area contributed by atoms with Gasteiger partial charge in [0.1, 0.15) is 4.84 Å². The minimum absolute atomic E-state index is 0.473. The highest BCUT2D eigenvalue weighted by Gasteiger charge is 2.18. The zero-order chi connectivity index (χ0) is 11.8. The van der Waals surface area contributed by atoms with Gasteiger partial charge < -0.3 is 4.57 Å². The van der Waals surface area contributed by atoms with E-state index >= 15 is 0 Å². The highest BCUT2D eigenvalue weighted by molar-refractivity contribution is 6.44. The van der Waals surface area contributed by atoms with E-state index in [-0.39, 0.29) is 0 Å². The normalized spacial score (nSPS) is 14.3. The van der Waals surface area contributed by atoms with Crippen LogP contribution in [0.25, 0.3) is 11.3 Å². The average Bonchev–Trinajstić information content (AvgIpc) is 2.90. The first-order valence-corrected chi connectivity index (χ1v) is 6.70. The van der Waals surface area contributed by atoms with Crippen LogP contribution in [-0.2, 0) is 13.0 Å². The van der Waals surface area contributed by atoms with Crippen LogP contribution in [0.5, 0.6) is 0 Å². The lowest BCUT2D eigenvalue weighted by atomic mass is 10.1. The molecule has 1 aromatic carbocycles. The Kier molecular flexibility index (Phi) is 2.89. The number of hydrogen-bond donors (Lipinski definition) is 0. The summed E-state index contributed by atoms with van der Waals surface area (Å²) in [7, 11) is 0. The molecule has 1 aliphatic heterocycles. The van der Waals surface area contributed by atoms with Crippen molar-refractivity contribution in [2.24, 2.45) is 0 Å². The Morgan fingerprint density at radius 3 is 2.71 bits per heavy atom. The van der Waals surface area contributed by atoms with E-state index in [0.29, 0.717) is 0 Å². The summed E-state index contributed by atoms with van der Waals surface area (Å²) in [6.45, 7) is 1.10. The first-order valence-electron chi connectivity index (χ1n) is 5.83. The van der Waals surface area contributed by atoms with E-state index in [2.05, 4.69) is 22.8 Å². The van der Waals surface area contributed by atoms with Gasteiger partial charge in [0.2, 0.25) is 0 Å². The maximum Gasteiger partial charge on any atom is 0.133 e. The van der Waals surface area contributed by atoms with Crippen molar-refractivity contribution in [2.75, 3.05) is 0 Å². The Hall–Kier alpha value is -0.920. The van der Waals surface area contributed by atoms with E-state index in [1.165, 1.54) is 24.2 Å². The van der Waals surface area contributed by atoms with Gasteiger partial charge in [-0.3, -0.25) is 0 Å². The number of aryl methyl sites for hydroxylation is 1. The minimum Gasteiger partial charge on any atom is -0.345 e. The predicted octanol–water partition coefficient (Wildman–Crippen LogP) is 4.58. The molecular formula is C14H13Cl2N. The molecule has 3 heteroatoms. The van der Waals surface area contributed by atoms with E-state index in [9.17, 15) is 0 Å². The third-order valence-corrected chi connectivity index (χ3v) is 3.83. The third-order valence-electron chi connectivity index (χ3n) is 3.36. The number of alkyl halides is 2. The van der Waals surface area contributed by atoms with Crippen LogP contribution < -0.4 is 0 Å². The summed E-state index contributed by atoms with van der Waals surface area (Å²) in [5, 5.41) is 0. The van der Waals surface area contributed by atoms with Gasteiger partial charge >= 0.3 is 0 Å². The third kappa shape index (κ3) is 1.88. The molecule has 0 saturated heterocycles. The van der Waals surface area contributed by atoms with Crippen molar-refractivity contribution >= 4 is 23.2 Å². The molecule has 2 heterocycles. The van der Waals surface area contributed by atoms with Crippen LogP contribution in [-0.4, -0.2) is 4.57 Å². The van der Waals surface area contributed by atoms with Crippen molar-refractivity contribution in [3.63, 3.8) is 0 Å². The van der Waals surface area contributed by atoms with Crippen LogP contribution in [0, 0.1) is 0 Å². The summed E-state index contributed by atoms with van der Waals surface area (Å²) >= 11 is 12.1. The monoisotopic (exact) mass is 265 g/mol. The molecule has 0 fully saturated rings. The Morgan fingerprint density at radius 2 is 1.88 bits per heavy atom. The van der Waals surface area contributed by atoms with Gasteiger partial charge in [-0.1, -0.05) is 24.3 Å². The highest BCUT2D eigenvalue weighted by Crippen LogP contribution is 2.36. The summed E-state index contributed by atoms with van der Waals surface area (Å²) < 4.78 is 2.37. The second-order valence-electron chi connectivity index (χ2n) is 4.35. The van der Waals surface area contributed by atoms with E-state index in [4.69, 9.17) is 23.2 Å². The maximum absolute atomic E-state index is 6.03. The molecule has 0 atom stereocenters. The molecule has 0 saturated carbocycles. The largest absolute Gasteiger partial charge is 0.345 e. The van der Waals surface area contributed by atoms with Crippen LogP contribution in [0.4, 0.5) is 0 Å². The lowest BCUT2D eigenvalue weighted by Gasteiger charge is -2.12. The van der Waals surface area contributed by atoms with Gasteiger partial charge in [-0.05, 0) is 30.5 Å². The van der Waals surface area contributed by atoms with Gasteiger partial charge in [-0.25, -0.2) is 0 Å². The molecule has 3 rings (SSSR count). The maximum atomic E-state index is 6.03. The Bertz CT molecular complexity index is 543. The number of halogens is 2. The zero-order valence-corrected chi connectivity index (χ0v) is 10.9. The fourth-order valence-electron chi connectivity index (χ4n) is 2.57. The van der Waals surface area contributed by atoms with Gasteiger partial charge in [-0.15, -0.1) is 23.2 Å². The molecule has 2 aromatic rings. The lowest BCUT2D eigenvalue weighted by Crippen LogP contribution is -1.97. The summed E-state index contributed by atoms with van der Waals surface area (Å²) in [4.78, 5) is -0.473. The van der Waals surface area contributed by atoms with Crippen molar-refractivity contribution in [3.8, 4) is 11.3 Å². The van der Waals surface area contributed by atoms with Crippen molar-refractivity contribution < 1.29 is 0 Å². The molecule has 17 heavy (non-hydrogen) atoms. The topological polar surface area (TPSA) is 4.93 Å². The zero-order valence-electron chi connectivity index (χ0n) is 9.37. The molecule has 0 spiro atoms. The van der Waals surface area contributed by atoms with E-state index < -0.39 is 4.84 Å². The number of benzene rings is 1. The summed E-state index contributed by atoms with van der Waals surface area (Å²) in [5.74, 6) is 0. The smallest absolute Gasteiger partial charge is 0.133 e.